The second-order valence-electron chi connectivity index (χ2n) is 8.06. The molecule has 1 aliphatic heterocycles. The average Bonchev–Trinajstić information content (AvgIpc) is 2.70. The van der Waals surface area contributed by atoms with E-state index in [0.717, 1.165) is 75.2 Å². The molecule has 1 saturated heterocycles. The maximum atomic E-state index is 12.8. The SMILES string of the molecule is CCN1CCN(C(=O)C2CCC(C(=O)Nc3c(C)cccc3C)CC2)CC1. The highest BCUT2D eigenvalue weighted by Crippen LogP contribution is 2.32. The van der Waals surface area contributed by atoms with E-state index in [1.165, 1.54) is 0 Å². The van der Waals surface area contributed by atoms with E-state index in [2.05, 4.69) is 17.1 Å². The zero-order valence-electron chi connectivity index (χ0n) is 17.0. The molecule has 3 rings (SSSR count). The standard InChI is InChI=1S/C22H33N3O2/c1-4-24-12-14-25(15-13-24)22(27)19-10-8-18(9-11-19)21(26)23-20-16(2)6-5-7-17(20)3/h5-7,18-19H,4,8-15H2,1-3H3,(H,23,26). The van der Waals surface area contributed by atoms with Crippen LogP contribution in [0.1, 0.15) is 43.7 Å². The van der Waals surface area contributed by atoms with E-state index in [4.69, 9.17) is 0 Å². The summed E-state index contributed by atoms with van der Waals surface area (Å²) in [5, 5.41) is 3.13. The zero-order valence-corrected chi connectivity index (χ0v) is 17.0. The highest BCUT2D eigenvalue weighted by Gasteiger charge is 2.33. The second-order valence-corrected chi connectivity index (χ2v) is 8.06. The van der Waals surface area contributed by atoms with E-state index in [1.54, 1.807) is 0 Å². The van der Waals surface area contributed by atoms with E-state index >= 15 is 0 Å². The minimum absolute atomic E-state index is 0.0185. The van der Waals surface area contributed by atoms with Crippen molar-refractivity contribution >= 4 is 17.5 Å². The van der Waals surface area contributed by atoms with E-state index in [1.807, 2.05) is 36.9 Å². The summed E-state index contributed by atoms with van der Waals surface area (Å²) >= 11 is 0. The fourth-order valence-corrected chi connectivity index (χ4v) is 4.38. The van der Waals surface area contributed by atoms with Crippen LogP contribution in [-0.4, -0.2) is 54.3 Å². The van der Waals surface area contributed by atoms with Crippen LogP contribution in [0.4, 0.5) is 5.69 Å². The number of likely N-dealkylation sites (N-methyl/N-ethyl adjacent to an activating group) is 1. The van der Waals surface area contributed by atoms with Crippen molar-refractivity contribution in [2.24, 2.45) is 11.8 Å². The van der Waals surface area contributed by atoms with Crippen LogP contribution in [0.15, 0.2) is 18.2 Å². The Labute approximate surface area is 163 Å². The topological polar surface area (TPSA) is 52.7 Å². The number of hydrogen-bond donors (Lipinski definition) is 1. The van der Waals surface area contributed by atoms with E-state index < -0.39 is 0 Å². The molecule has 0 radical (unpaired) electrons. The molecular formula is C22H33N3O2. The van der Waals surface area contributed by atoms with Gasteiger partial charge in [0, 0.05) is 43.7 Å². The number of nitrogens with zero attached hydrogens (tertiary/aromatic N) is 2. The van der Waals surface area contributed by atoms with Gasteiger partial charge >= 0.3 is 0 Å². The van der Waals surface area contributed by atoms with Crippen molar-refractivity contribution in [2.75, 3.05) is 38.0 Å². The number of piperazine rings is 1. The molecule has 0 spiro atoms. The van der Waals surface area contributed by atoms with Crippen LogP contribution < -0.4 is 5.32 Å². The molecule has 1 N–H and O–H groups in total. The number of nitrogens with one attached hydrogen (secondary N) is 1. The van der Waals surface area contributed by atoms with Crippen molar-refractivity contribution in [2.45, 2.75) is 46.5 Å². The predicted octanol–water partition coefficient (Wildman–Crippen LogP) is 3.21. The van der Waals surface area contributed by atoms with Crippen LogP contribution in [-0.2, 0) is 9.59 Å². The Bertz CT molecular complexity index is 652. The van der Waals surface area contributed by atoms with Gasteiger partial charge in [-0.3, -0.25) is 9.59 Å². The Balaban J connectivity index is 1.50. The number of aryl methyl sites for hydroxylation is 2. The quantitative estimate of drug-likeness (QED) is 0.884. The van der Waals surface area contributed by atoms with Crippen LogP contribution in [0.2, 0.25) is 0 Å². The normalized spacial score (nSPS) is 23.9. The first-order valence-electron chi connectivity index (χ1n) is 10.4. The Morgan fingerprint density at radius 1 is 0.963 bits per heavy atom. The average molecular weight is 372 g/mol. The number of para-hydroxylation sites is 1. The van der Waals surface area contributed by atoms with Gasteiger partial charge in [-0.05, 0) is 57.2 Å². The molecule has 1 aromatic carbocycles. The Kier molecular flexibility index (Phi) is 6.53. The second kappa shape index (κ2) is 8.87. The first kappa shape index (κ1) is 19.9. The van der Waals surface area contributed by atoms with E-state index in [0.29, 0.717) is 5.91 Å². The molecule has 1 aliphatic carbocycles. The third kappa shape index (κ3) is 4.70. The molecule has 2 aliphatic rings. The molecule has 5 nitrogen and oxygen atoms in total. The maximum Gasteiger partial charge on any atom is 0.227 e. The highest BCUT2D eigenvalue weighted by atomic mass is 16.2. The minimum atomic E-state index is 0.0185. The van der Waals surface area contributed by atoms with Crippen molar-refractivity contribution in [1.82, 2.24) is 9.80 Å². The molecule has 0 aromatic heterocycles. The molecule has 1 saturated carbocycles. The monoisotopic (exact) mass is 371 g/mol. The summed E-state index contributed by atoms with van der Waals surface area (Å²) in [5.74, 6) is 0.529. The number of rotatable bonds is 4. The van der Waals surface area contributed by atoms with Gasteiger partial charge < -0.3 is 15.1 Å². The number of carbonyl (C=O) groups excluding carboxylic acids is 2. The van der Waals surface area contributed by atoms with Crippen LogP contribution in [0.5, 0.6) is 0 Å². The van der Waals surface area contributed by atoms with Gasteiger partial charge in [0.05, 0.1) is 0 Å². The van der Waals surface area contributed by atoms with Gasteiger partial charge in [0.1, 0.15) is 0 Å². The van der Waals surface area contributed by atoms with E-state index in [9.17, 15) is 9.59 Å². The number of amides is 2. The number of benzene rings is 1. The molecule has 1 aromatic rings. The van der Waals surface area contributed by atoms with Gasteiger partial charge in [0.25, 0.3) is 0 Å². The van der Waals surface area contributed by atoms with Gasteiger partial charge in [-0.25, -0.2) is 0 Å². The molecule has 2 fully saturated rings. The lowest BCUT2D eigenvalue weighted by molar-refractivity contribution is -0.139. The summed E-state index contributed by atoms with van der Waals surface area (Å²) in [6.07, 6.45) is 3.28. The molecule has 1 heterocycles. The van der Waals surface area contributed by atoms with Crippen molar-refractivity contribution in [3.8, 4) is 0 Å². The third-order valence-corrected chi connectivity index (χ3v) is 6.31. The summed E-state index contributed by atoms with van der Waals surface area (Å²) in [5.41, 5.74) is 3.13. The van der Waals surface area contributed by atoms with Gasteiger partial charge in [-0.2, -0.15) is 0 Å². The third-order valence-electron chi connectivity index (χ3n) is 6.31. The van der Waals surface area contributed by atoms with Crippen LogP contribution in [0.3, 0.4) is 0 Å². The fraction of sp³-hybridized carbons (Fsp3) is 0.636. The summed E-state index contributed by atoms with van der Waals surface area (Å²) in [7, 11) is 0. The first-order chi connectivity index (χ1) is 13.0. The number of anilines is 1. The van der Waals surface area contributed by atoms with Crippen molar-refractivity contribution in [3.05, 3.63) is 29.3 Å². The van der Waals surface area contributed by atoms with Crippen LogP contribution >= 0.6 is 0 Å². The number of hydrogen-bond acceptors (Lipinski definition) is 3. The van der Waals surface area contributed by atoms with E-state index in [-0.39, 0.29) is 17.7 Å². The summed E-state index contributed by atoms with van der Waals surface area (Å²) in [4.78, 5) is 29.9. The molecule has 27 heavy (non-hydrogen) atoms. The predicted molar refractivity (Wildman–Crippen MR) is 109 cm³/mol. The van der Waals surface area contributed by atoms with Gasteiger partial charge in [-0.15, -0.1) is 0 Å². The van der Waals surface area contributed by atoms with Gasteiger partial charge in [-0.1, -0.05) is 25.1 Å². The number of carbonyl (C=O) groups is 2. The van der Waals surface area contributed by atoms with Crippen LogP contribution in [0, 0.1) is 25.7 Å². The summed E-state index contributed by atoms with van der Waals surface area (Å²) < 4.78 is 0. The molecular weight excluding hydrogens is 338 g/mol. The molecule has 0 atom stereocenters. The fourth-order valence-electron chi connectivity index (χ4n) is 4.38. The molecule has 0 unspecified atom stereocenters. The Hall–Kier alpha value is -1.88. The maximum absolute atomic E-state index is 12.8. The van der Waals surface area contributed by atoms with Crippen molar-refractivity contribution in [3.63, 3.8) is 0 Å². The minimum Gasteiger partial charge on any atom is -0.340 e. The molecule has 0 bridgehead atoms. The van der Waals surface area contributed by atoms with Crippen molar-refractivity contribution in [1.29, 1.82) is 0 Å². The smallest absolute Gasteiger partial charge is 0.227 e. The first-order valence-corrected chi connectivity index (χ1v) is 10.4. The lowest BCUT2D eigenvalue weighted by atomic mass is 9.80. The summed E-state index contributed by atoms with van der Waals surface area (Å²) in [6.45, 7) is 10.9. The lowest BCUT2D eigenvalue weighted by Crippen LogP contribution is -2.50. The van der Waals surface area contributed by atoms with Crippen molar-refractivity contribution < 1.29 is 9.59 Å². The molecule has 5 heteroatoms. The lowest BCUT2D eigenvalue weighted by Gasteiger charge is -2.37. The molecule has 148 valence electrons. The highest BCUT2D eigenvalue weighted by molar-refractivity contribution is 5.94. The Morgan fingerprint density at radius 3 is 2.07 bits per heavy atom. The molecule has 2 amide bonds. The Morgan fingerprint density at radius 2 is 1.52 bits per heavy atom. The summed E-state index contributed by atoms with van der Waals surface area (Å²) in [6, 6.07) is 6.06. The largest absolute Gasteiger partial charge is 0.340 e. The van der Waals surface area contributed by atoms with Crippen LogP contribution in [0.25, 0.3) is 0 Å². The zero-order chi connectivity index (χ0) is 19.4. The van der Waals surface area contributed by atoms with Gasteiger partial charge in [0.2, 0.25) is 11.8 Å². The van der Waals surface area contributed by atoms with Gasteiger partial charge in [0.15, 0.2) is 0 Å².